The Hall–Kier alpha value is -4.36. The van der Waals surface area contributed by atoms with Crippen molar-refractivity contribution < 1.29 is 0 Å². The molecule has 6 heterocycles. The second-order valence-electron chi connectivity index (χ2n) is 7.99. The Morgan fingerprint density at radius 3 is 2.85 bits per heavy atom. The van der Waals surface area contributed by atoms with Crippen LogP contribution in [0.5, 0.6) is 0 Å². The van der Waals surface area contributed by atoms with Crippen molar-refractivity contribution in [3.8, 4) is 17.3 Å². The highest BCUT2D eigenvalue weighted by atomic mass is 15.2. The molecule has 0 aliphatic carbocycles. The van der Waals surface area contributed by atoms with Crippen LogP contribution >= 0.6 is 0 Å². The zero-order valence-electron chi connectivity index (χ0n) is 17.7. The molecule has 1 aliphatic rings. The van der Waals surface area contributed by atoms with Crippen molar-refractivity contribution in [3.63, 3.8) is 0 Å². The molecule has 0 atom stereocenters. The summed E-state index contributed by atoms with van der Waals surface area (Å²) in [7, 11) is 0. The molecule has 5 aromatic heterocycles. The minimum absolute atomic E-state index is 0.321. The van der Waals surface area contributed by atoms with E-state index in [0.717, 1.165) is 53.9 Å². The van der Waals surface area contributed by atoms with Crippen LogP contribution in [0.15, 0.2) is 49.1 Å². The lowest BCUT2D eigenvalue weighted by Crippen LogP contribution is -2.29. The van der Waals surface area contributed by atoms with Crippen molar-refractivity contribution in [3.05, 3.63) is 54.6 Å². The molecule has 3 N–H and O–H groups in total. The van der Waals surface area contributed by atoms with Gasteiger partial charge in [0.1, 0.15) is 11.6 Å². The molecule has 0 saturated carbocycles. The summed E-state index contributed by atoms with van der Waals surface area (Å²) in [5.41, 5.74) is 5.20. The van der Waals surface area contributed by atoms with Gasteiger partial charge in [0.25, 0.3) is 0 Å². The Morgan fingerprint density at radius 1 is 1.06 bits per heavy atom. The normalized spacial score (nSPS) is 14.5. The number of pyridine rings is 2. The van der Waals surface area contributed by atoms with Crippen molar-refractivity contribution in [2.24, 2.45) is 0 Å². The first-order valence-corrected chi connectivity index (χ1v) is 10.8. The average Bonchev–Trinajstić information content (AvgIpc) is 3.48. The molecule has 1 fully saturated rings. The van der Waals surface area contributed by atoms with Gasteiger partial charge < -0.3 is 15.2 Å². The zero-order valence-corrected chi connectivity index (χ0v) is 17.7. The Morgan fingerprint density at radius 2 is 1.97 bits per heavy atom. The fourth-order valence-corrected chi connectivity index (χ4v) is 4.37. The Bertz CT molecular complexity index is 1500. The summed E-state index contributed by atoms with van der Waals surface area (Å²) in [6.45, 7) is 1.92. The zero-order chi connectivity index (χ0) is 22.2. The molecule has 10 nitrogen and oxygen atoms in total. The van der Waals surface area contributed by atoms with E-state index in [0.29, 0.717) is 28.8 Å². The lowest BCUT2D eigenvalue weighted by molar-refractivity contribution is 0.374. The number of aromatic amines is 1. The molecule has 0 amide bonds. The molecule has 0 aromatic carbocycles. The lowest BCUT2D eigenvalue weighted by atomic mass is 10.1. The van der Waals surface area contributed by atoms with Gasteiger partial charge >= 0.3 is 0 Å². The molecule has 0 radical (unpaired) electrons. The fourth-order valence-electron chi connectivity index (χ4n) is 4.37. The maximum Gasteiger partial charge on any atom is 0.160 e. The summed E-state index contributed by atoms with van der Waals surface area (Å²) in [5, 5.41) is 23.6. The quantitative estimate of drug-likeness (QED) is 0.391. The van der Waals surface area contributed by atoms with Gasteiger partial charge in [-0.1, -0.05) is 0 Å². The summed E-state index contributed by atoms with van der Waals surface area (Å²) in [5.74, 6) is 1.12. The van der Waals surface area contributed by atoms with Crippen LogP contribution in [0.2, 0.25) is 0 Å². The first-order chi connectivity index (χ1) is 16.3. The number of rotatable bonds is 4. The summed E-state index contributed by atoms with van der Waals surface area (Å²) >= 11 is 0. The number of hydrogen-bond donors (Lipinski definition) is 3. The molecule has 0 unspecified atom stereocenters. The van der Waals surface area contributed by atoms with E-state index in [1.54, 1.807) is 18.6 Å². The maximum absolute atomic E-state index is 9.65. The molecule has 162 valence electrons. The van der Waals surface area contributed by atoms with Gasteiger partial charge in [0.2, 0.25) is 0 Å². The SMILES string of the molecule is N#Cc1cn(C2CCNCC2)c2ncc(Nc3cc(-c4ccnc5cccnc45)[nH]n3)nc12. The highest BCUT2D eigenvalue weighted by Gasteiger charge is 2.21. The number of anilines is 2. The van der Waals surface area contributed by atoms with Gasteiger partial charge in [-0.2, -0.15) is 10.4 Å². The predicted octanol–water partition coefficient (Wildman–Crippen LogP) is 3.30. The van der Waals surface area contributed by atoms with E-state index in [4.69, 9.17) is 0 Å². The van der Waals surface area contributed by atoms with Gasteiger partial charge in [-0.15, -0.1) is 0 Å². The third-order valence-electron chi connectivity index (χ3n) is 5.96. The first kappa shape index (κ1) is 19.3. The van der Waals surface area contributed by atoms with Gasteiger partial charge in [-0.3, -0.25) is 15.1 Å². The lowest BCUT2D eigenvalue weighted by Gasteiger charge is -2.24. The van der Waals surface area contributed by atoms with E-state index in [1.807, 2.05) is 30.5 Å². The second kappa shape index (κ2) is 7.96. The summed E-state index contributed by atoms with van der Waals surface area (Å²) in [6.07, 6.45) is 9.06. The van der Waals surface area contributed by atoms with E-state index < -0.39 is 0 Å². The van der Waals surface area contributed by atoms with Crippen LogP contribution in [0.3, 0.4) is 0 Å². The summed E-state index contributed by atoms with van der Waals surface area (Å²) in [6, 6.07) is 10.2. The first-order valence-electron chi connectivity index (χ1n) is 10.8. The molecule has 6 rings (SSSR count). The van der Waals surface area contributed by atoms with Gasteiger partial charge in [-0.25, -0.2) is 9.97 Å². The van der Waals surface area contributed by atoms with Crippen LogP contribution < -0.4 is 10.6 Å². The molecule has 5 aromatic rings. The number of nitrogens with one attached hydrogen (secondary N) is 3. The smallest absolute Gasteiger partial charge is 0.160 e. The van der Waals surface area contributed by atoms with Crippen molar-refractivity contribution >= 4 is 33.8 Å². The highest BCUT2D eigenvalue weighted by molar-refractivity contribution is 5.90. The van der Waals surface area contributed by atoms with Gasteiger partial charge in [0.15, 0.2) is 17.3 Å². The van der Waals surface area contributed by atoms with Crippen LogP contribution in [-0.2, 0) is 0 Å². The number of piperidine rings is 1. The second-order valence-corrected chi connectivity index (χ2v) is 7.99. The minimum Gasteiger partial charge on any atom is -0.327 e. The van der Waals surface area contributed by atoms with Crippen LogP contribution in [0, 0.1) is 11.3 Å². The average molecular weight is 436 g/mol. The Kier molecular flexibility index (Phi) is 4.66. The molecular weight excluding hydrogens is 416 g/mol. The Balaban J connectivity index is 1.32. The van der Waals surface area contributed by atoms with E-state index in [2.05, 4.69) is 51.4 Å². The predicted molar refractivity (Wildman–Crippen MR) is 124 cm³/mol. The van der Waals surface area contributed by atoms with E-state index in [9.17, 15) is 5.26 Å². The number of nitriles is 1. The van der Waals surface area contributed by atoms with Crippen LogP contribution in [-0.4, -0.2) is 47.8 Å². The molecule has 0 spiro atoms. The standard InChI is InChI=1S/C23H20N10/c24-11-14-13-33(15-3-7-25-8-4-15)23-21(14)30-20(12-28-23)29-19-10-18(31-32-19)16-5-9-26-17-2-1-6-27-22(16)17/h1-2,5-6,9-10,12-13,15,25H,3-4,7-8H2,(H2,29,30,31,32). The number of aromatic nitrogens is 7. The fraction of sp³-hybridized carbons (Fsp3) is 0.217. The van der Waals surface area contributed by atoms with E-state index >= 15 is 0 Å². The van der Waals surface area contributed by atoms with Crippen molar-refractivity contribution in [2.45, 2.75) is 18.9 Å². The molecule has 33 heavy (non-hydrogen) atoms. The number of nitrogens with zero attached hydrogens (tertiary/aromatic N) is 7. The van der Waals surface area contributed by atoms with Gasteiger partial charge in [0, 0.05) is 36.3 Å². The summed E-state index contributed by atoms with van der Waals surface area (Å²) in [4.78, 5) is 18.1. The molecule has 0 bridgehead atoms. The van der Waals surface area contributed by atoms with Crippen LogP contribution in [0.25, 0.3) is 33.5 Å². The Labute approximate surface area is 188 Å². The highest BCUT2D eigenvalue weighted by Crippen LogP contribution is 2.29. The van der Waals surface area contributed by atoms with Crippen molar-refractivity contribution in [1.82, 2.24) is 40.0 Å². The van der Waals surface area contributed by atoms with Crippen molar-refractivity contribution in [2.75, 3.05) is 18.4 Å². The van der Waals surface area contributed by atoms with Gasteiger partial charge in [-0.05, 0) is 44.1 Å². The topological polar surface area (TPSA) is 133 Å². The summed E-state index contributed by atoms with van der Waals surface area (Å²) < 4.78 is 2.10. The molecular formula is C23H20N10. The van der Waals surface area contributed by atoms with Crippen molar-refractivity contribution in [1.29, 1.82) is 5.26 Å². The number of hydrogen-bond acceptors (Lipinski definition) is 8. The largest absolute Gasteiger partial charge is 0.327 e. The van der Waals surface area contributed by atoms with E-state index in [1.165, 1.54) is 0 Å². The van der Waals surface area contributed by atoms with E-state index in [-0.39, 0.29) is 0 Å². The number of fused-ring (bicyclic) bond motifs is 2. The third-order valence-corrected chi connectivity index (χ3v) is 5.96. The molecule has 1 aliphatic heterocycles. The molecule has 10 heteroatoms. The molecule has 1 saturated heterocycles. The minimum atomic E-state index is 0.321. The maximum atomic E-state index is 9.65. The van der Waals surface area contributed by atoms with Crippen LogP contribution in [0.4, 0.5) is 11.6 Å². The third kappa shape index (κ3) is 3.44. The van der Waals surface area contributed by atoms with Gasteiger partial charge in [0.05, 0.1) is 28.5 Å². The van der Waals surface area contributed by atoms with Crippen LogP contribution in [0.1, 0.15) is 24.4 Å². The number of H-pyrrole nitrogens is 1. The monoisotopic (exact) mass is 436 g/mol.